The lowest BCUT2D eigenvalue weighted by molar-refractivity contribution is -0.384. The maximum atomic E-state index is 11.4. The normalized spacial score (nSPS) is 10.8. The van der Waals surface area contributed by atoms with Crippen molar-refractivity contribution in [1.29, 1.82) is 0 Å². The Morgan fingerprint density at radius 1 is 0.630 bits per heavy atom. The van der Waals surface area contributed by atoms with Gasteiger partial charge in [-0.25, -0.2) is 0 Å². The topological polar surface area (TPSA) is 112 Å². The molecule has 0 aliphatic rings. The molecule has 0 spiro atoms. The van der Waals surface area contributed by atoms with Gasteiger partial charge in [0.05, 0.1) is 32.7 Å². The third-order valence-electron chi connectivity index (χ3n) is 4.20. The van der Waals surface area contributed by atoms with Crippen LogP contribution in [0.5, 0.6) is 0 Å². The van der Waals surface area contributed by atoms with Gasteiger partial charge in [-0.15, -0.1) is 0 Å². The Kier molecular flexibility index (Phi) is 4.05. The summed E-state index contributed by atoms with van der Waals surface area (Å²) in [5, 5.41) is 22.7. The molecule has 8 nitrogen and oxygen atoms in total. The number of aromatic nitrogens is 2. The van der Waals surface area contributed by atoms with E-state index in [0.717, 1.165) is 11.7 Å². The van der Waals surface area contributed by atoms with E-state index in [1.54, 1.807) is 48.5 Å². The van der Waals surface area contributed by atoms with Gasteiger partial charge in [0.2, 0.25) is 0 Å². The zero-order chi connectivity index (χ0) is 19.0. The predicted molar refractivity (Wildman–Crippen MR) is 102 cm³/mol. The first kappa shape index (κ1) is 16.7. The van der Waals surface area contributed by atoms with Crippen LogP contribution in [-0.2, 0) is 0 Å². The zero-order valence-electron chi connectivity index (χ0n) is 13.6. The summed E-state index contributed by atoms with van der Waals surface area (Å²) in [6, 6.07) is 16.2. The molecule has 4 rings (SSSR count). The van der Waals surface area contributed by atoms with Gasteiger partial charge in [0, 0.05) is 23.3 Å². The van der Waals surface area contributed by atoms with Crippen molar-refractivity contribution in [3.8, 4) is 22.3 Å². The number of nitro groups is 2. The molecule has 9 heteroatoms. The number of para-hydroxylation sites is 2. The summed E-state index contributed by atoms with van der Waals surface area (Å²) in [6.07, 6.45) is 0. The van der Waals surface area contributed by atoms with E-state index in [-0.39, 0.29) is 11.4 Å². The van der Waals surface area contributed by atoms with E-state index < -0.39 is 9.85 Å². The van der Waals surface area contributed by atoms with Crippen LogP contribution in [0.25, 0.3) is 33.3 Å². The van der Waals surface area contributed by atoms with Crippen LogP contribution in [0.15, 0.2) is 60.7 Å². The molecule has 0 bridgehead atoms. The van der Waals surface area contributed by atoms with Crippen molar-refractivity contribution >= 4 is 34.1 Å². The van der Waals surface area contributed by atoms with Gasteiger partial charge >= 0.3 is 0 Å². The second-order valence-electron chi connectivity index (χ2n) is 5.67. The van der Waals surface area contributed by atoms with E-state index in [2.05, 4.69) is 8.75 Å². The molecule has 0 N–H and O–H groups in total. The fourth-order valence-electron chi connectivity index (χ4n) is 3.02. The van der Waals surface area contributed by atoms with Crippen LogP contribution in [0.2, 0.25) is 0 Å². The summed E-state index contributed by atoms with van der Waals surface area (Å²) in [4.78, 5) is 21.9. The van der Waals surface area contributed by atoms with Crippen molar-refractivity contribution in [2.75, 3.05) is 0 Å². The van der Waals surface area contributed by atoms with E-state index in [1.165, 1.54) is 12.1 Å². The van der Waals surface area contributed by atoms with Crippen molar-refractivity contribution < 1.29 is 9.85 Å². The molecule has 27 heavy (non-hydrogen) atoms. The van der Waals surface area contributed by atoms with Crippen molar-refractivity contribution in [2.45, 2.75) is 0 Å². The Balaban J connectivity index is 1.99. The number of hydrogen-bond donors (Lipinski definition) is 0. The molecule has 1 heterocycles. The lowest BCUT2D eigenvalue weighted by Gasteiger charge is -2.08. The summed E-state index contributed by atoms with van der Waals surface area (Å²) in [6.45, 7) is 0. The molecule has 0 saturated heterocycles. The average Bonchev–Trinajstić information content (AvgIpc) is 3.17. The second kappa shape index (κ2) is 6.54. The average molecular weight is 378 g/mol. The van der Waals surface area contributed by atoms with E-state index in [0.29, 0.717) is 33.3 Å². The summed E-state index contributed by atoms with van der Waals surface area (Å²) in [5.41, 5.74) is 2.86. The molecule has 0 aliphatic carbocycles. The van der Waals surface area contributed by atoms with Crippen LogP contribution in [0.1, 0.15) is 0 Å². The first-order valence-corrected chi connectivity index (χ1v) is 8.54. The van der Waals surface area contributed by atoms with Gasteiger partial charge in [0.15, 0.2) is 0 Å². The molecule has 4 aromatic rings. The van der Waals surface area contributed by atoms with Crippen LogP contribution >= 0.6 is 11.7 Å². The first-order chi connectivity index (χ1) is 13.1. The van der Waals surface area contributed by atoms with Crippen LogP contribution in [-0.4, -0.2) is 18.6 Å². The van der Waals surface area contributed by atoms with Gasteiger partial charge in [0.25, 0.3) is 11.4 Å². The fraction of sp³-hybridized carbons (Fsp3) is 0. The van der Waals surface area contributed by atoms with Gasteiger partial charge in [-0.1, -0.05) is 36.4 Å². The molecule has 3 aromatic carbocycles. The maximum absolute atomic E-state index is 11.4. The maximum Gasteiger partial charge on any atom is 0.277 e. The Morgan fingerprint density at radius 2 is 1.04 bits per heavy atom. The van der Waals surface area contributed by atoms with Crippen LogP contribution < -0.4 is 0 Å². The Hall–Kier alpha value is -3.72. The molecular formula is C18H10N4O4S. The standard InChI is InChI=1S/C18H10N4O4S/c23-21(24)15-7-3-1-5-11(15)13-9-10-14(18-17(13)19-27-20-18)12-6-2-4-8-16(12)22(25)26/h1-10H. The molecule has 0 fully saturated rings. The van der Waals surface area contributed by atoms with Crippen LogP contribution in [0, 0.1) is 20.2 Å². The fourth-order valence-corrected chi connectivity index (χ4v) is 3.60. The highest BCUT2D eigenvalue weighted by molar-refractivity contribution is 7.00. The number of rotatable bonds is 4. The quantitative estimate of drug-likeness (QED) is 0.371. The van der Waals surface area contributed by atoms with E-state index in [1.807, 2.05) is 0 Å². The van der Waals surface area contributed by atoms with Crippen molar-refractivity contribution in [2.24, 2.45) is 0 Å². The summed E-state index contributed by atoms with van der Waals surface area (Å²) in [5.74, 6) is 0. The van der Waals surface area contributed by atoms with E-state index in [4.69, 9.17) is 0 Å². The molecule has 0 unspecified atom stereocenters. The zero-order valence-corrected chi connectivity index (χ0v) is 14.4. The van der Waals surface area contributed by atoms with Crippen molar-refractivity contribution in [1.82, 2.24) is 8.75 Å². The highest BCUT2D eigenvalue weighted by Gasteiger charge is 2.22. The molecule has 1 aromatic heterocycles. The third-order valence-corrected chi connectivity index (χ3v) is 4.73. The second-order valence-corrected chi connectivity index (χ2v) is 6.20. The van der Waals surface area contributed by atoms with Gasteiger partial charge in [-0.05, 0) is 12.1 Å². The first-order valence-electron chi connectivity index (χ1n) is 7.81. The third kappa shape index (κ3) is 2.79. The molecule has 0 amide bonds. The minimum Gasteiger partial charge on any atom is -0.258 e. The molecule has 0 saturated carbocycles. The number of fused-ring (bicyclic) bond motifs is 1. The minimum absolute atomic E-state index is 0.0368. The monoisotopic (exact) mass is 378 g/mol. The SMILES string of the molecule is O=[N+]([O-])c1ccccc1-c1ccc(-c2ccccc2[N+](=O)[O-])c2nsnc12. The highest BCUT2D eigenvalue weighted by Crippen LogP contribution is 2.40. The molecular weight excluding hydrogens is 368 g/mol. The van der Waals surface area contributed by atoms with Crippen molar-refractivity contribution in [3.05, 3.63) is 80.9 Å². The van der Waals surface area contributed by atoms with Gasteiger partial charge in [-0.3, -0.25) is 20.2 Å². The number of hydrogen-bond acceptors (Lipinski definition) is 7. The number of nitrogens with zero attached hydrogens (tertiary/aromatic N) is 4. The Labute approximate surface area is 156 Å². The van der Waals surface area contributed by atoms with Gasteiger partial charge < -0.3 is 0 Å². The number of benzene rings is 3. The van der Waals surface area contributed by atoms with Crippen LogP contribution in [0.4, 0.5) is 11.4 Å². The lowest BCUT2D eigenvalue weighted by Crippen LogP contribution is -1.94. The van der Waals surface area contributed by atoms with E-state index >= 15 is 0 Å². The Morgan fingerprint density at radius 3 is 1.44 bits per heavy atom. The highest BCUT2D eigenvalue weighted by atomic mass is 32.1. The van der Waals surface area contributed by atoms with Gasteiger partial charge in [-0.2, -0.15) is 8.75 Å². The van der Waals surface area contributed by atoms with Gasteiger partial charge in [0.1, 0.15) is 11.0 Å². The molecule has 0 radical (unpaired) electrons. The molecule has 132 valence electrons. The minimum atomic E-state index is -0.448. The summed E-state index contributed by atoms with van der Waals surface area (Å²) >= 11 is 0.959. The molecule has 0 atom stereocenters. The van der Waals surface area contributed by atoms with Crippen molar-refractivity contribution in [3.63, 3.8) is 0 Å². The lowest BCUT2D eigenvalue weighted by atomic mass is 9.96. The van der Waals surface area contributed by atoms with Crippen LogP contribution in [0.3, 0.4) is 0 Å². The smallest absolute Gasteiger partial charge is 0.258 e. The Bertz CT molecular complexity index is 1110. The number of nitro benzene ring substituents is 2. The summed E-state index contributed by atoms with van der Waals surface area (Å²) in [7, 11) is 0. The van der Waals surface area contributed by atoms with E-state index in [9.17, 15) is 20.2 Å². The summed E-state index contributed by atoms with van der Waals surface area (Å²) < 4.78 is 8.59. The largest absolute Gasteiger partial charge is 0.277 e. The predicted octanol–water partition coefficient (Wildman–Crippen LogP) is 4.84. The molecule has 0 aliphatic heterocycles.